The Bertz CT molecular complexity index is 412. The standard InChI is InChI=1S/C17H27NO/c1-6-10-18-15(5)16-7-8-17(14(4)12-16)19-11-9-13(2)3/h7-8,12,15,18H,2,6,9-11H2,1,3-5H3. The zero-order valence-corrected chi connectivity index (χ0v) is 12.8. The van der Waals surface area contributed by atoms with E-state index in [9.17, 15) is 0 Å². The van der Waals surface area contributed by atoms with Crippen LogP contribution in [0.1, 0.15) is 50.8 Å². The summed E-state index contributed by atoms with van der Waals surface area (Å²) in [6.45, 7) is 14.2. The summed E-state index contributed by atoms with van der Waals surface area (Å²) >= 11 is 0. The van der Waals surface area contributed by atoms with Crippen LogP contribution in [-0.2, 0) is 0 Å². The molecule has 19 heavy (non-hydrogen) atoms. The third-order valence-electron chi connectivity index (χ3n) is 3.19. The second kappa shape index (κ2) is 8.00. The van der Waals surface area contributed by atoms with Gasteiger partial charge in [-0.05, 0) is 50.9 Å². The average Bonchev–Trinajstić information content (AvgIpc) is 2.37. The highest BCUT2D eigenvalue weighted by Crippen LogP contribution is 2.23. The molecule has 1 atom stereocenters. The van der Waals surface area contributed by atoms with Crippen LogP contribution in [0.3, 0.4) is 0 Å². The van der Waals surface area contributed by atoms with E-state index < -0.39 is 0 Å². The van der Waals surface area contributed by atoms with Crippen molar-refractivity contribution in [2.45, 2.75) is 46.6 Å². The molecule has 2 nitrogen and oxygen atoms in total. The summed E-state index contributed by atoms with van der Waals surface area (Å²) < 4.78 is 5.78. The van der Waals surface area contributed by atoms with E-state index in [4.69, 9.17) is 4.74 Å². The first kappa shape index (κ1) is 15.8. The van der Waals surface area contributed by atoms with Gasteiger partial charge in [0.25, 0.3) is 0 Å². The number of ether oxygens (including phenoxy) is 1. The lowest BCUT2D eigenvalue weighted by molar-refractivity contribution is 0.319. The zero-order valence-electron chi connectivity index (χ0n) is 12.8. The monoisotopic (exact) mass is 261 g/mol. The van der Waals surface area contributed by atoms with Gasteiger partial charge in [0.1, 0.15) is 5.75 Å². The van der Waals surface area contributed by atoms with E-state index in [1.165, 1.54) is 11.1 Å². The molecule has 0 aliphatic carbocycles. The Kier molecular flexibility index (Phi) is 6.65. The Morgan fingerprint density at radius 1 is 1.42 bits per heavy atom. The van der Waals surface area contributed by atoms with Gasteiger partial charge in [-0.3, -0.25) is 0 Å². The van der Waals surface area contributed by atoms with Gasteiger partial charge in [0.05, 0.1) is 6.61 Å². The quantitative estimate of drug-likeness (QED) is 0.700. The molecule has 1 rings (SSSR count). The molecule has 0 saturated heterocycles. The lowest BCUT2D eigenvalue weighted by atomic mass is 10.0. The third-order valence-corrected chi connectivity index (χ3v) is 3.19. The van der Waals surface area contributed by atoms with Crippen LogP contribution in [-0.4, -0.2) is 13.2 Å². The van der Waals surface area contributed by atoms with Crippen LogP contribution in [0.25, 0.3) is 0 Å². The molecule has 0 amide bonds. The van der Waals surface area contributed by atoms with Gasteiger partial charge in [-0.15, -0.1) is 6.58 Å². The Morgan fingerprint density at radius 3 is 2.74 bits per heavy atom. The fraction of sp³-hybridized carbons (Fsp3) is 0.529. The molecule has 1 aromatic rings. The highest BCUT2D eigenvalue weighted by molar-refractivity contribution is 5.37. The molecular formula is C17H27NO. The third kappa shape index (κ3) is 5.48. The number of rotatable bonds is 8. The van der Waals surface area contributed by atoms with Crippen molar-refractivity contribution in [3.63, 3.8) is 0 Å². The van der Waals surface area contributed by atoms with Crippen molar-refractivity contribution >= 4 is 0 Å². The largest absolute Gasteiger partial charge is 0.493 e. The second-order valence-corrected chi connectivity index (χ2v) is 5.26. The molecule has 1 N–H and O–H groups in total. The number of nitrogens with one attached hydrogen (secondary N) is 1. The van der Waals surface area contributed by atoms with Crippen molar-refractivity contribution in [3.05, 3.63) is 41.5 Å². The number of hydrogen-bond acceptors (Lipinski definition) is 2. The maximum absolute atomic E-state index is 5.78. The highest BCUT2D eigenvalue weighted by Gasteiger charge is 2.07. The Hall–Kier alpha value is -1.28. The summed E-state index contributed by atoms with van der Waals surface area (Å²) in [7, 11) is 0. The lowest BCUT2D eigenvalue weighted by Gasteiger charge is -2.16. The van der Waals surface area contributed by atoms with Crippen molar-refractivity contribution in [1.82, 2.24) is 5.32 Å². The number of hydrogen-bond donors (Lipinski definition) is 1. The summed E-state index contributed by atoms with van der Waals surface area (Å²) in [5.41, 5.74) is 3.68. The van der Waals surface area contributed by atoms with Crippen LogP contribution in [0, 0.1) is 6.92 Å². The van der Waals surface area contributed by atoms with Gasteiger partial charge in [0.2, 0.25) is 0 Å². The first-order chi connectivity index (χ1) is 9.04. The van der Waals surface area contributed by atoms with Crippen LogP contribution in [0.2, 0.25) is 0 Å². The van der Waals surface area contributed by atoms with Crippen molar-refractivity contribution < 1.29 is 4.74 Å². The molecule has 0 aliphatic heterocycles. The van der Waals surface area contributed by atoms with E-state index in [1.54, 1.807) is 0 Å². The topological polar surface area (TPSA) is 21.3 Å². The van der Waals surface area contributed by atoms with Crippen molar-refractivity contribution in [2.24, 2.45) is 0 Å². The Morgan fingerprint density at radius 2 is 2.16 bits per heavy atom. The van der Waals surface area contributed by atoms with Gasteiger partial charge < -0.3 is 10.1 Å². The van der Waals surface area contributed by atoms with E-state index in [1.807, 2.05) is 6.92 Å². The minimum absolute atomic E-state index is 0.392. The molecule has 1 aromatic carbocycles. The van der Waals surface area contributed by atoms with E-state index in [2.05, 4.69) is 50.9 Å². The second-order valence-electron chi connectivity index (χ2n) is 5.26. The average molecular weight is 261 g/mol. The minimum Gasteiger partial charge on any atom is -0.493 e. The number of aryl methyl sites for hydroxylation is 1. The van der Waals surface area contributed by atoms with Gasteiger partial charge in [0, 0.05) is 12.5 Å². The zero-order chi connectivity index (χ0) is 14.3. The van der Waals surface area contributed by atoms with Crippen molar-refractivity contribution in [3.8, 4) is 5.75 Å². The summed E-state index contributed by atoms with van der Waals surface area (Å²) in [5, 5.41) is 3.50. The van der Waals surface area contributed by atoms with Crippen LogP contribution in [0.4, 0.5) is 0 Å². The van der Waals surface area contributed by atoms with E-state index in [0.717, 1.165) is 30.7 Å². The Labute approximate surface area is 117 Å². The van der Waals surface area contributed by atoms with Crippen LogP contribution in [0.5, 0.6) is 5.75 Å². The Balaban J connectivity index is 2.60. The molecule has 0 bridgehead atoms. The fourth-order valence-electron chi connectivity index (χ4n) is 1.92. The molecule has 0 saturated carbocycles. The summed E-state index contributed by atoms with van der Waals surface area (Å²) in [4.78, 5) is 0. The van der Waals surface area contributed by atoms with Gasteiger partial charge >= 0.3 is 0 Å². The van der Waals surface area contributed by atoms with Gasteiger partial charge in [-0.25, -0.2) is 0 Å². The predicted octanol–water partition coefficient (Wildman–Crippen LogP) is 4.40. The van der Waals surface area contributed by atoms with Crippen LogP contribution >= 0.6 is 0 Å². The highest BCUT2D eigenvalue weighted by atomic mass is 16.5. The summed E-state index contributed by atoms with van der Waals surface area (Å²) in [6, 6.07) is 6.83. The molecule has 0 heterocycles. The molecule has 0 fully saturated rings. The van der Waals surface area contributed by atoms with E-state index in [0.29, 0.717) is 12.6 Å². The van der Waals surface area contributed by atoms with Gasteiger partial charge in [-0.2, -0.15) is 0 Å². The van der Waals surface area contributed by atoms with Crippen LogP contribution < -0.4 is 10.1 Å². The molecule has 0 aliphatic rings. The molecular weight excluding hydrogens is 234 g/mol. The smallest absolute Gasteiger partial charge is 0.122 e. The maximum atomic E-state index is 5.78. The molecule has 0 radical (unpaired) electrons. The first-order valence-electron chi connectivity index (χ1n) is 7.15. The summed E-state index contributed by atoms with van der Waals surface area (Å²) in [6.07, 6.45) is 2.07. The van der Waals surface area contributed by atoms with Crippen LogP contribution in [0.15, 0.2) is 30.4 Å². The van der Waals surface area contributed by atoms with E-state index in [-0.39, 0.29) is 0 Å². The SMILES string of the molecule is C=C(C)CCOc1ccc(C(C)NCCC)cc1C. The summed E-state index contributed by atoms with van der Waals surface area (Å²) in [5.74, 6) is 0.979. The predicted molar refractivity (Wildman–Crippen MR) is 82.8 cm³/mol. The van der Waals surface area contributed by atoms with Crippen molar-refractivity contribution in [1.29, 1.82) is 0 Å². The van der Waals surface area contributed by atoms with Crippen molar-refractivity contribution in [2.75, 3.05) is 13.2 Å². The van der Waals surface area contributed by atoms with Gasteiger partial charge in [-0.1, -0.05) is 24.6 Å². The van der Waals surface area contributed by atoms with E-state index >= 15 is 0 Å². The first-order valence-corrected chi connectivity index (χ1v) is 7.15. The molecule has 0 spiro atoms. The minimum atomic E-state index is 0.392. The maximum Gasteiger partial charge on any atom is 0.122 e. The molecule has 106 valence electrons. The molecule has 0 aromatic heterocycles. The molecule has 1 unspecified atom stereocenters. The number of benzene rings is 1. The lowest BCUT2D eigenvalue weighted by Crippen LogP contribution is -2.19. The van der Waals surface area contributed by atoms with Gasteiger partial charge in [0.15, 0.2) is 0 Å². The molecule has 2 heteroatoms. The normalized spacial score (nSPS) is 12.2. The fourth-order valence-corrected chi connectivity index (χ4v) is 1.92.